The van der Waals surface area contributed by atoms with E-state index in [0.717, 1.165) is 39.3 Å². The summed E-state index contributed by atoms with van der Waals surface area (Å²) in [6.45, 7) is 22.2. The van der Waals surface area contributed by atoms with Crippen molar-refractivity contribution in [3.05, 3.63) is 10.9 Å². The maximum atomic E-state index is 5.63. The van der Waals surface area contributed by atoms with E-state index in [1.165, 1.54) is 5.20 Å². The third-order valence-electron chi connectivity index (χ3n) is 4.79. The molecule has 0 N–H and O–H groups in total. The highest BCUT2D eigenvalue weighted by molar-refractivity contribution is 6.78. The highest BCUT2D eigenvalue weighted by Crippen LogP contribution is 2.24. The molecule has 0 saturated carbocycles. The van der Waals surface area contributed by atoms with Gasteiger partial charge in [0.25, 0.3) is 0 Å². The molecular formula is C17H40N3O2Si2. The van der Waals surface area contributed by atoms with Gasteiger partial charge in [-0.05, 0) is 51.4 Å². The number of allylic oxidation sites excluding steroid dienone is 1. The second kappa shape index (κ2) is 12.3. The van der Waals surface area contributed by atoms with E-state index in [4.69, 9.17) is 8.85 Å². The predicted molar refractivity (Wildman–Crippen MR) is 108 cm³/mol. The van der Waals surface area contributed by atoms with Crippen molar-refractivity contribution >= 4 is 17.8 Å². The lowest BCUT2D eigenvalue weighted by Crippen LogP contribution is -2.74. The van der Waals surface area contributed by atoms with Gasteiger partial charge in [-0.2, -0.15) is 0 Å². The normalized spacial score (nSPS) is 13.8. The summed E-state index contributed by atoms with van der Waals surface area (Å²) >= 11 is 0. The molecule has 0 aliphatic rings. The zero-order valence-electron chi connectivity index (χ0n) is 17.5. The van der Waals surface area contributed by atoms with E-state index < -0.39 is 17.8 Å². The second-order valence-electron chi connectivity index (χ2n) is 5.73. The van der Waals surface area contributed by atoms with Crippen LogP contribution in [-0.4, -0.2) is 85.0 Å². The second-order valence-corrected chi connectivity index (χ2v) is 11.5. The Morgan fingerprint density at radius 1 is 0.750 bits per heavy atom. The van der Waals surface area contributed by atoms with Crippen LogP contribution >= 0.6 is 0 Å². The quantitative estimate of drug-likeness (QED) is 0.462. The Hall–Kier alpha value is -0.0262. The third kappa shape index (κ3) is 5.23. The van der Waals surface area contributed by atoms with Crippen molar-refractivity contribution in [2.75, 3.05) is 53.5 Å². The van der Waals surface area contributed by atoms with Crippen molar-refractivity contribution < 1.29 is 8.85 Å². The Morgan fingerprint density at radius 3 is 1.25 bits per heavy atom. The first-order chi connectivity index (χ1) is 11.5. The topological polar surface area (TPSA) is 28.2 Å². The lowest BCUT2D eigenvalue weighted by molar-refractivity contribution is 0.272. The molecule has 0 aromatic carbocycles. The van der Waals surface area contributed by atoms with Crippen LogP contribution in [0.4, 0.5) is 0 Å². The zero-order chi connectivity index (χ0) is 18.8. The lowest BCUT2D eigenvalue weighted by atomic mass is 10.6. The number of nitrogens with zero attached hydrogens (tertiary/aromatic N) is 3. The van der Waals surface area contributed by atoms with E-state index in [1.807, 2.05) is 0 Å². The fourth-order valence-corrected chi connectivity index (χ4v) is 10.7. The first kappa shape index (κ1) is 24.0. The smallest absolute Gasteiger partial charge is 0.393 e. The van der Waals surface area contributed by atoms with Crippen molar-refractivity contribution in [2.45, 2.75) is 48.5 Å². The van der Waals surface area contributed by atoms with Crippen molar-refractivity contribution in [3.63, 3.8) is 0 Å². The van der Waals surface area contributed by atoms with Crippen LogP contribution in [0, 0.1) is 0 Å². The van der Waals surface area contributed by atoms with E-state index in [2.05, 4.69) is 67.9 Å². The summed E-state index contributed by atoms with van der Waals surface area (Å²) in [4.78, 5) is 0. The average Bonchev–Trinajstić information content (AvgIpc) is 2.59. The molecule has 5 nitrogen and oxygen atoms in total. The van der Waals surface area contributed by atoms with Gasteiger partial charge in [0.15, 0.2) is 0 Å². The van der Waals surface area contributed by atoms with Crippen LogP contribution in [0.1, 0.15) is 48.5 Å². The maximum Gasteiger partial charge on any atom is 0.417 e. The van der Waals surface area contributed by atoms with Crippen LogP contribution in [-0.2, 0) is 8.85 Å². The maximum absolute atomic E-state index is 5.63. The summed E-state index contributed by atoms with van der Waals surface area (Å²) < 4.78 is 19.3. The zero-order valence-corrected chi connectivity index (χ0v) is 19.5. The molecule has 0 saturated heterocycles. The summed E-state index contributed by atoms with van der Waals surface area (Å²) in [5.74, 6) is 0. The fourth-order valence-electron chi connectivity index (χ4n) is 3.70. The third-order valence-corrected chi connectivity index (χ3v) is 12.1. The van der Waals surface area contributed by atoms with Crippen molar-refractivity contribution in [1.82, 2.24) is 13.7 Å². The monoisotopic (exact) mass is 374 g/mol. The first-order valence-corrected chi connectivity index (χ1v) is 12.6. The summed E-state index contributed by atoms with van der Waals surface area (Å²) in [6.07, 6.45) is 0. The number of hydrogen-bond acceptors (Lipinski definition) is 5. The van der Waals surface area contributed by atoms with Gasteiger partial charge in [0.2, 0.25) is 0 Å². The predicted octanol–water partition coefficient (Wildman–Crippen LogP) is 2.76. The number of rotatable bonds is 13. The standard InChI is InChI=1S/C17H40N3O2Si2/c1-10-18(11-2)24(19(12-3)13-4,20(14-5)15-6)16-17(7)23(21-8)22-9/h16H,10-15H2,1-9H3. The van der Waals surface area contributed by atoms with Gasteiger partial charge in [-0.15, -0.1) is 0 Å². The number of hydrogen-bond donors (Lipinski definition) is 0. The molecule has 1 radical (unpaired) electrons. The van der Waals surface area contributed by atoms with Gasteiger partial charge in [0, 0.05) is 14.2 Å². The van der Waals surface area contributed by atoms with Crippen LogP contribution in [0.25, 0.3) is 0 Å². The van der Waals surface area contributed by atoms with Crippen molar-refractivity contribution in [3.8, 4) is 0 Å². The SMILES string of the molecule is CCN(CC)[Si](C=C(C)[Si](OC)OC)(N(CC)CC)N(CC)CC. The molecule has 0 fully saturated rings. The minimum Gasteiger partial charge on any atom is -0.393 e. The van der Waals surface area contributed by atoms with Gasteiger partial charge in [0.1, 0.15) is 0 Å². The van der Waals surface area contributed by atoms with Crippen molar-refractivity contribution in [1.29, 1.82) is 0 Å². The average molecular weight is 375 g/mol. The lowest BCUT2D eigenvalue weighted by Gasteiger charge is -2.52. The minimum absolute atomic E-state index is 1.06. The van der Waals surface area contributed by atoms with Crippen LogP contribution in [0.5, 0.6) is 0 Å². The summed E-state index contributed by atoms with van der Waals surface area (Å²) in [7, 11) is 0.00505. The highest BCUT2D eigenvalue weighted by Gasteiger charge is 2.47. The van der Waals surface area contributed by atoms with Gasteiger partial charge >= 0.3 is 17.8 Å². The van der Waals surface area contributed by atoms with Gasteiger partial charge in [-0.1, -0.05) is 47.2 Å². The molecule has 0 heterocycles. The Bertz CT molecular complexity index is 322. The summed E-state index contributed by atoms with van der Waals surface area (Å²) in [5, 5.41) is 1.27. The molecule has 7 heteroatoms. The molecule has 143 valence electrons. The largest absolute Gasteiger partial charge is 0.417 e. The molecule has 0 aromatic rings. The molecule has 0 unspecified atom stereocenters. The fraction of sp³-hybridized carbons (Fsp3) is 0.882. The Labute approximate surface area is 153 Å². The molecule has 0 rings (SSSR count). The van der Waals surface area contributed by atoms with Crippen LogP contribution < -0.4 is 0 Å². The van der Waals surface area contributed by atoms with Gasteiger partial charge in [0.05, 0.1) is 0 Å². The van der Waals surface area contributed by atoms with Crippen LogP contribution in [0.3, 0.4) is 0 Å². The molecule has 24 heavy (non-hydrogen) atoms. The van der Waals surface area contributed by atoms with Gasteiger partial charge in [-0.25, -0.2) is 0 Å². The van der Waals surface area contributed by atoms with Gasteiger partial charge in [-0.3, -0.25) is 13.7 Å². The Morgan fingerprint density at radius 2 is 1.04 bits per heavy atom. The molecule has 0 atom stereocenters. The Balaban J connectivity index is 6.40. The summed E-state index contributed by atoms with van der Waals surface area (Å²) in [6, 6.07) is 0. The van der Waals surface area contributed by atoms with Gasteiger partial charge < -0.3 is 8.85 Å². The van der Waals surface area contributed by atoms with Crippen molar-refractivity contribution in [2.24, 2.45) is 0 Å². The summed E-state index contributed by atoms with van der Waals surface area (Å²) in [5.41, 5.74) is 2.53. The molecule has 0 aromatic heterocycles. The van der Waals surface area contributed by atoms with E-state index in [1.54, 1.807) is 14.2 Å². The minimum atomic E-state index is -2.14. The molecule has 0 bridgehead atoms. The molecule has 0 amide bonds. The molecule has 0 aliphatic carbocycles. The van der Waals surface area contributed by atoms with E-state index in [9.17, 15) is 0 Å². The first-order valence-electron chi connectivity index (χ1n) is 9.36. The van der Waals surface area contributed by atoms with E-state index in [-0.39, 0.29) is 0 Å². The van der Waals surface area contributed by atoms with Crippen LogP contribution in [0.2, 0.25) is 0 Å². The van der Waals surface area contributed by atoms with Crippen LogP contribution in [0.15, 0.2) is 10.9 Å². The molecule has 0 spiro atoms. The Kier molecular flexibility index (Phi) is 12.3. The van der Waals surface area contributed by atoms with E-state index in [0.29, 0.717) is 0 Å². The molecule has 0 aliphatic heterocycles. The highest BCUT2D eigenvalue weighted by atomic mass is 28.4. The molecular weight excluding hydrogens is 334 g/mol. The van der Waals surface area contributed by atoms with E-state index >= 15 is 0 Å².